The second-order valence-electron chi connectivity index (χ2n) is 28.4. The molecule has 9 aromatic rings. The summed E-state index contributed by atoms with van der Waals surface area (Å²) in [7, 11) is 0. The highest BCUT2D eigenvalue weighted by Crippen LogP contribution is 2.55. The lowest BCUT2D eigenvalue weighted by Gasteiger charge is -2.47. The molecule has 4 nitrogen and oxygen atoms in total. The van der Waals surface area contributed by atoms with E-state index in [-0.39, 0.29) is 39.2 Å². The summed E-state index contributed by atoms with van der Waals surface area (Å²) in [5.41, 5.74) is 24.5. The van der Waals surface area contributed by atoms with Crippen molar-refractivity contribution in [2.24, 2.45) is 0 Å². The highest BCUT2D eigenvalue weighted by Gasteiger charge is 2.50. The molecule has 3 heterocycles. The first-order chi connectivity index (χ1) is 37.4. The van der Waals surface area contributed by atoms with Gasteiger partial charge in [-0.2, -0.15) is 0 Å². The quantitative estimate of drug-likeness (QED) is 0.155. The number of hydrogen-bond acceptors (Lipinski definition) is 4. The Morgan fingerprint density at radius 2 is 0.937 bits per heavy atom. The van der Waals surface area contributed by atoms with Gasteiger partial charge in [-0.3, -0.25) is 4.90 Å². The van der Waals surface area contributed by atoms with E-state index in [0.29, 0.717) is 0 Å². The minimum absolute atomic E-state index is 0.00179. The molecule has 0 spiro atoms. The van der Waals surface area contributed by atoms with Crippen molar-refractivity contribution in [1.29, 1.82) is 0 Å². The largest absolute Gasteiger partial charge is 0.440 e. The Morgan fingerprint density at radius 3 is 1.52 bits per heavy atom. The molecule has 0 bridgehead atoms. The molecule has 0 N–H and O–H groups in total. The number of furan rings is 1. The average Bonchev–Trinajstić information content (AvgIpc) is 4.08. The first-order valence-corrected chi connectivity index (χ1v) is 29.2. The van der Waals surface area contributed by atoms with Crippen LogP contribution in [0.15, 0.2) is 174 Å². The Bertz CT molecular complexity index is 3850. The third-order valence-electron chi connectivity index (χ3n) is 19.1. The molecule has 0 atom stereocenters. The van der Waals surface area contributed by atoms with Gasteiger partial charge in [0.2, 0.25) is 5.88 Å². The molecular formula is C74H78BN3O. The van der Waals surface area contributed by atoms with Gasteiger partial charge in [-0.05, 0) is 187 Å². The summed E-state index contributed by atoms with van der Waals surface area (Å²) in [5.74, 6) is 0.878. The molecule has 5 heteroatoms. The zero-order chi connectivity index (χ0) is 55.3. The third kappa shape index (κ3) is 8.22. The molecule has 79 heavy (non-hydrogen) atoms. The lowest BCUT2D eigenvalue weighted by Crippen LogP contribution is -2.61. The number of benzene rings is 8. The van der Waals surface area contributed by atoms with Crippen LogP contribution in [0, 0.1) is 0 Å². The summed E-state index contributed by atoms with van der Waals surface area (Å²) >= 11 is 0. The molecule has 0 saturated heterocycles. The van der Waals surface area contributed by atoms with E-state index in [0.717, 1.165) is 65.6 Å². The van der Waals surface area contributed by atoms with Crippen LogP contribution in [0.4, 0.5) is 51.4 Å². The zero-order valence-corrected chi connectivity index (χ0v) is 49.3. The molecule has 4 aliphatic rings. The maximum atomic E-state index is 7.65. The van der Waals surface area contributed by atoms with Crippen LogP contribution in [0.1, 0.15) is 156 Å². The molecule has 0 saturated carbocycles. The lowest BCUT2D eigenvalue weighted by molar-refractivity contribution is 0.332. The Balaban J connectivity index is 1.23. The molecule has 13 rings (SSSR count). The fraction of sp³-hybridized carbons (Fsp3) is 0.324. The van der Waals surface area contributed by atoms with Gasteiger partial charge in [0.15, 0.2) is 0 Å². The Kier molecular flexibility index (Phi) is 11.4. The topological polar surface area (TPSA) is 22.9 Å². The Hall–Kier alpha value is -7.24. The minimum atomic E-state index is -0.164. The fourth-order valence-corrected chi connectivity index (χ4v) is 14.0. The molecule has 398 valence electrons. The van der Waals surface area contributed by atoms with Crippen LogP contribution >= 0.6 is 0 Å². The summed E-state index contributed by atoms with van der Waals surface area (Å²) in [4.78, 5) is 7.69. The van der Waals surface area contributed by atoms with Crippen LogP contribution in [0.3, 0.4) is 0 Å². The van der Waals surface area contributed by atoms with Gasteiger partial charge in [0.1, 0.15) is 5.58 Å². The predicted molar refractivity (Wildman–Crippen MR) is 338 cm³/mol. The van der Waals surface area contributed by atoms with E-state index in [1.54, 1.807) is 0 Å². The summed E-state index contributed by atoms with van der Waals surface area (Å²) in [6, 6.07) is 65.0. The molecular weight excluding hydrogens is 958 g/mol. The van der Waals surface area contributed by atoms with E-state index in [1.165, 1.54) is 83.3 Å². The predicted octanol–water partition coefficient (Wildman–Crippen LogP) is 18.9. The highest BCUT2D eigenvalue weighted by molar-refractivity contribution is 7.01. The maximum absolute atomic E-state index is 7.65. The van der Waals surface area contributed by atoms with E-state index < -0.39 is 0 Å². The molecule has 8 aromatic carbocycles. The van der Waals surface area contributed by atoms with E-state index in [1.807, 2.05) is 0 Å². The van der Waals surface area contributed by atoms with Gasteiger partial charge in [0.25, 0.3) is 6.71 Å². The average molecular weight is 1040 g/mol. The standard InChI is InChI=1S/C74H78BN3O/c1-69(2,3)48-30-34-61(54(40-48)47-24-18-15-19-25-47)78-64-44-53(76(50-26-20-16-21-27-50)51-28-22-17-23-29-51)43-63-67(64)75(66-55-41-49(70(4,5)6)31-35-65(55)79-68(66)78)60-45-58-59(74(13,14)39-38-73(58,11)12)46-62(60)77(63)52-32-33-56-57(42-52)72(9,10)37-36-71(56,7)8/h15-35,40-46H,36-39H2,1-14H3. The van der Waals surface area contributed by atoms with Crippen LogP contribution in [0.25, 0.3) is 22.1 Å². The summed E-state index contributed by atoms with van der Waals surface area (Å²) in [5, 5.41) is 1.18. The van der Waals surface area contributed by atoms with Crippen LogP contribution in [0.5, 0.6) is 0 Å². The number of nitrogens with zero attached hydrogens (tertiary/aromatic N) is 3. The number of hydrogen-bond donors (Lipinski definition) is 0. The van der Waals surface area contributed by atoms with Crippen molar-refractivity contribution in [1.82, 2.24) is 0 Å². The second-order valence-corrected chi connectivity index (χ2v) is 28.4. The van der Waals surface area contributed by atoms with Crippen LogP contribution in [0.2, 0.25) is 0 Å². The number of para-hydroxylation sites is 2. The van der Waals surface area contributed by atoms with Gasteiger partial charge in [0, 0.05) is 50.5 Å². The van der Waals surface area contributed by atoms with E-state index in [9.17, 15) is 0 Å². The molecule has 0 radical (unpaired) electrons. The SMILES string of the molecule is CC(C)(C)c1ccc(N2c3cc(N(c4ccccc4)c4ccccc4)cc4c3B(c3cc5c(cc3N4c3ccc4c(c3)C(C)(C)CCC4(C)C)C(C)(C)CCC5(C)C)c3c2oc2ccc(C(C)(C)C)cc32)c(-c2ccccc2)c1. The van der Waals surface area contributed by atoms with Gasteiger partial charge in [-0.25, -0.2) is 0 Å². The van der Waals surface area contributed by atoms with Crippen LogP contribution in [-0.2, 0) is 32.5 Å². The summed E-state index contributed by atoms with van der Waals surface area (Å²) < 4.78 is 7.65. The van der Waals surface area contributed by atoms with Crippen molar-refractivity contribution in [3.8, 4) is 11.1 Å². The molecule has 2 aliphatic carbocycles. The van der Waals surface area contributed by atoms with Crippen LogP contribution in [-0.4, -0.2) is 6.71 Å². The van der Waals surface area contributed by atoms with E-state index in [2.05, 4.69) is 281 Å². The van der Waals surface area contributed by atoms with Crippen molar-refractivity contribution in [3.05, 3.63) is 203 Å². The van der Waals surface area contributed by atoms with E-state index in [4.69, 9.17) is 4.42 Å². The zero-order valence-electron chi connectivity index (χ0n) is 49.3. The Morgan fingerprint density at radius 1 is 0.430 bits per heavy atom. The molecule has 0 amide bonds. The van der Waals surface area contributed by atoms with Crippen molar-refractivity contribution in [2.75, 3.05) is 14.7 Å². The molecule has 0 unspecified atom stereocenters. The fourth-order valence-electron chi connectivity index (χ4n) is 14.0. The number of fused-ring (bicyclic) bond motifs is 8. The number of anilines is 9. The smallest absolute Gasteiger partial charge is 0.257 e. The molecule has 1 aromatic heterocycles. The monoisotopic (exact) mass is 1040 g/mol. The maximum Gasteiger partial charge on any atom is 0.257 e. The number of rotatable bonds is 6. The van der Waals surface area contributed by atoms with Gasteiger partial charge in [0.05, 0.1) is 11.4 Å². The lowest BCUT2D eigenvalue weighted by atomic mass is 9.33. The van der Waals surface area contributed by atoms with Gasteiger partial charge in [-0.15, -0.1) is 0 Å². The van der Waals surface area contributed by atoms with Crippen molar-refractivity contribution in [2.45, 2.75) is 155 Å². The minimum Gasteiger partial charge on any atom is -0.440 e. The first kappa shape index (κ1) is 51.2. The Labute approximate surface area is 471 Å². The molecule has 2 aliphatic heterocycles. The van der Waals surface area contributed by atoms with Gasteiger partial charge >= 0.3 is 0 Å². The van der Waals surface area contributed by atoms with Gasteiger partial charge in [-0.1, -0.05) is 188 Å². The second kappa shape index (κ2) is 17.6. The summed E-state index contributed by atoms with van der Waals surface area (Å²) in [6.07, 6.45) is 4.56. The van der Waals surface area contributed by atoms with Crippen LogP contribution < -0.4 is 31.1 Å². The normalized spacial score (nSPS) is 17.4. The molecule has 0 fully saturated rings. The summed E-state index contributed by atoms with van der Waals surface area (Å²) in [6.45, 7) is 33.6. The van der Waals surface area contributed by atoms with Crippen molar-refractivity contribution in [3.63, 3.8) is 0 Å². The third-order valence-corrected chi connectivity index (χ3v) is 19.1. The van der Waals surface area contributed by atoms with Crippen molar-refractivity contribution < 1.29 is 4.42 Å². The van der Waals surface area contributed by atoms with Gasteiger partial charge < -0.3 is 14.2 Å². The van der Waals surface area contributed by atoms with Crippen molar-refractivity contribution >= 4 is 85.5 Å². The first-order valence-electron chi connectivity index (χ1n) is 29.2. The highest BCUT2D eigenvalue weighted by atomic mass is 16.4. The van der Waals surface area contributed by atoms with E-state index >= 15 is 0 Å².